The largest absolute Gasteiger partial charge is 0.396 e. The molecule has 3 heterocycles. The van der Waals surface area contributed by atoms with E-state index in [0.29, 0.717) is 0 Å². The van der Waals surface area contributed by atoms with Crippen LogP contribution in [0.15, 0.2) is 23.6 Å². The SMILES string of the molecule is CC(CO)C1SCN(CCCCN2CCN(c3csc4cc(F)ccc34)CC2)C1=O. The number of hydrogen-bond acceptors (Lipinski definition) is 6. The monoisotopic (exact) mass is 451 g/mol. The zero-order chi connectivity index (χ0) is 21.1. The third kappa shape index (κ3) is 4.77. The number of carbonyl (C=O) groups excluding carboxylic acids is 1. The molecule has 2 aliphatic rings. The number of thioether (sulfide) groups is 1. The van der Waals surface area contributed by atoms with Crippen molar-refractivity contribution in [2.45, 2.75) is 25.0 Å². The van der Waals surface area contributed by atoms with Gasteiger partial charge >= 0.3 is 0 Å². The minimum Gasteiger partial charge on any atom is -0.396 e. The third-order valence-electron chi connectivity index (χ3n) is 6.15. The van der Waals surface area contributed by atoms with Crippen LogP contribution in [0.3, 0.4) is 0 Å². The number of halogens is 1. The van der Waals surface area contributed by atoms with Gasteiger partial charge in [0.25, 0.3) is 0 Å². The summed E-state index contributed by atoms with van der Waals surface area (Å²) in [4.78, 5) is 19.3. The number of aliphatic hydroxyl groups is 1. The molecule has 2 fully saturated rings. The summed E-state index contributed by atoms with van der Waals surface area (Å²) >= 11 is 3.27. The van der Waals surface area contributed by atoms with Crippen LogP contribution in [0.4, 0.5) is 10.1 Å². The molecule has 1 amide bonds. The quantitative estimate of drug-likeness (QED) is 0.623. The molecule has 0 radical (unpaired) electrons. The number of fused-ring (bicyclic) bond motifs is 1. The molecule has 2 aromatic rings. The number of unbranched alkanes of at least 4 members (excludes halogenated alkanes) is 1. The van der Waals surface area contributed by atoms with Gasteiger partial charge in [0, 0.05) is 54.8 Å². The smallest absolute Gasteiger partial charge is 0.236 e. The van der Waals surface area contributed by atoms with Crippen LogP contribution in [0, 0.1) is 11.7 Å². The van der Waals surface area contributed by atoms with E-state index in [-0.39, 0.29) is 29.5 Å². The first-order valence-corrected chi connectivity index (χ1v) is 12.6. The molecule has 1 aromatic carbocycles. The van der Waals surface area contributed by atoms with Crippen molar-refractivity contribution >= 4 is 44.8 Å². The van der Waals surface area contributed by atoms with Gasteiger partial charge in [-0.1, -0.05) is 6.92 Å². The first-order chi connectivity index (χ1) is 14.6. The van der Waals surface area contributed by atoms with Crippen LogP contribution in [0.25, 0.3) is 10.1 Å². The number of piperazine rings is 1. The van der Waals surface area contributed by atoms with Crippen molar-refractivity contribution in [1.29, 1.82) is 0 Å². The van der Waals surface area contributed by atoms with E-state index in [2.05, 4.69) is 15.2 Å². The lowest BCUT2D eigenvalue weighted by Gasteiger charge is -2.36. The van der Waals surface area contributed by atoms with Gasteiger partial charge in [0.05, 0.1) is 16.8 Å². The average Bonchev–Trinajstić information content (AvgIpc) is 3.34. The van der Waals surface area contributed by atoms with E-state index in [1.54, 1.807) is 35.2 Å². The van der Waals surface area contributed by atoms with Gasteiger partial charge in [-0.15, -0.1) is 23.1 Å². The fourth-order valence-electron chi connectivity index (χ4n) is 4.25. The first-order valence-electron chi connectivity index (χ1n) is 10.7. The van der Waals surface area contributed by atoms with E-state index < -0.39 is 0 Å². The second-order valence-corrected chi connectivity index (χ2v) is 10.3. The zero-order valence-electron chi connectivity index (χ0n) is 17.4. The molecule has 30 heavy (non-hydrogen) atoms. The number of rotatable bonds is 8. The predicted molar refractivity (Wildman–Crippen MR) is 124 cm³/mol. The molecule has 5 nitrogen and oxygen atoms in total. The molecule has 2 saturated heterocycles. The second kappa shape index (κ2) is 9.85. The lowest BCUT2D eigenvalue weighted by Crippen LogP contribution is -2.46. The Balaban J connectivity index is 1.18. The topological polar surface area (TPSA) is 47.0 Å². The Morgan fingerprint density at radius 1 is 1.20 bits per heavy atom. The highest BCUT2D eigenvalue weighted by atomic mass is 32.2. The molecule has 1 aromatic heterocycles. The lowest BCUT2D eigenvalue weighted by molar-refractivity contribution is -0.129. The van der Waals surface area contributed by atoms with Gasteiger partial charge in [0.1, 0.15) is 5.82 Å². The van der Waals surface area contributed by atoms with Gasteiger partial charge in [0.15, 0.2) is 0 Å². The van der Waals surface area contributed by atoms with Gasteiger partial charge in [-0.3, -0.25) is 9.69 Å². The Labute approximate surface area is 185 Å². The minimum absolute atomic E-state index is 0.0307. The highest BCUT2D eigenvalue weighted by Gasteiger charge is 2.35. The van der Waals surface area contributed by atoms with Crippen LogP contribution < -0.4 is 4.90 Å². The van der Waals surface area contributed by atoms with Gasteiger partial charge in [0.2, 0.25) is 5.91 Å². The Hall–Kier alpha value is -1.35. The molecular weight excluding hydrogens is 421 g/mol. The van der Waals surface area contributed by atoms with Gasteiger partial charge in [-0.05, 0) is 43.5 Å². The molecule has 0 spiro atoms. The molecule has 2 atom stereocenters. The Bertz CT molecular complexity index is 869. The number of nitrogens with zero attached hydrogens (tertiary/aromatic N) is 3. The van der Waals surface area contributed by atoms with Crippen LogP contribution in [-0.4, -0.2) is 77.8 Å². The number of amides is 1. The number of carbonyl (C=O) groups is 1. The van der Waals surface area contributed by atoms with Crippen LogP contribution in [0.2, 0.25) is 0 Å². The normalized spacial score (nSPS) is 21.7. The average molecular weight is 452 g/mol. The van der Waals surface area contributed by atoms with Crippen molar-refractivity contribution < 1.29 is 14.3 Å². The van der Waals surface area contributed by atoms with E-state index in [0.717, 1.165) is 68.1 Å². The van der Waals surface area contributed by atoms with Crippen molar-refractivity contribution in [1.82, 2.24) is 9.80 Å². The van der Waals surface area contributed by atoms with Crippen molar-refractivity contribution in [2.24, 2.45) is 5.92 Å². The molecule has 4 rings (SSSR count). The molecule has 164 valence electrons. The first kappa shape index (κ1) is 21.9. The van der Waals surface area contributed by atoms with Crippen LogP contribution in [-0.2, 0) is 4.79 Å². The molecule has 2 unspecified atom stereocenters. The van der Waals surface area contributed by atoms with E-state index >= 15 is 0 Å². The summed E-state index contributed by atoms with van der Waals surface area (Å²) in [7, 11) is 0. The van der Waals surface area contributed by atoms with E-state index in [9.17, 15) is 14.3 Å². The summed E-state index contributed by atoms with van der Waals surface area (Å²) in [6.07, 6.45) is 2.11. The van der Waals surface area contributed by atoms with Crippen LogP contribution in [0.5, 0.6) is 0 Å². The fraction of sp³-hybridized carbons (Fsp3) is 0.591. The number of hydrogen-bond donors (Lipinski definition) is 1. The molecule has 8 heteroatoms. The summed E-state index contributed by atoms with van der Waals surface area (Å²) in [6.45, 7) is 7.95. The van der Waals surface area contributed by atoms with Crippen LogP contribution in [0.1, 0.15) is 19.8 Å². The molecule has 0 aliphatic carbocycles. The highest BCUT2D eigenvalue weighted by Crippen LogP contribution is 2.34. The summed E-state index contributed by atoms with van der Waals surface area (Å²) in [5.74, 6) is 0.806. The fourth-order valence-corrected chi connectivity index (χ4v) is 6.54. The molecule has 0 bridgehead atoms. The predicted octanol–water partition coefficient (Wildman–Crippen LogP) is 3.47. The molecular formula is C22H30FN3O2S2. The Morgan fingerprint density at radius 3 is 2.73 bits per heavy atom. The summed E-state index contributed by atoms with van der Waals surface area (Å²) in [5, 5.41) is 12.5. The summed E-state index contributed by atoms with van der Waals surface area (Å²) in [6, 6.07) is 5.06. The maximum Gasteiger partial charge on any atom is 0.236 e. The maximum absolute atomic E-state index is 13.4. The van der Waals surface area contributed by atoms with Crippen molar-refractivity contribution in [3.8, 4) is 0 Å². The zero-order valence-corrected chi connectivity index (χ0v) is 19.1. The number of aliphatic hydroxyl groups excluding tert-OH is 1. The molecule has 1 N–H and O–H groups in total. The van der Waals surface area contributed by atoms with Gasteiger partial charge in [-0.25, -0.2) is 4.39 Å². The van der Waals surface area contributed by atoms with E-state index in [1.165, 1.54) is 5.69 Å². The Kier molecular flexibility index (Phi) is 7.18. The summed E-state index contributed by atoms with van der Waals surface area (Å²) in [5.41, 5.74) is 1.23. The maximum atomic E-state index is 13.4. The van der Waals surface area contributed by atoms with Gasteiger partial charge < -0.3 is 14.9 Å². The van der Waals surface area contributed by atoms with E-state index in [1.807, 2.05) is 17.9 Å². The standard InChI is InChI=1S/C22H30FN3O2S2/c1-16(13-27)21-22(28)26(15-30-21)7-3-2-6-24-8-10-25(11-9-24)19-14-29-20-12-17(23)4-5-18(19)20/h4-5,12,14,16,21,27H,2-3,6-11,13,15H2,1H3. The second-order valence-electron chi connectivity index (χ2n) is 8.28. The van der Waals surface area contributed by atoms with Crippen molar-refractivity contribution in [3.05, 3.63) is 29.4 Å². The number of benzene rings is 1. The highest BCUT2D eigenvalue weighted by molar-refractivity contribution is 8.01. The summed E-state index contributed by atoms with van der Waals surface area (Å²) < 4.78 is 14.4. The minimum atomic E-state index is -0.173. The molecule has 0 saturated carbocycles. The van der Waals surface area contributed by atoms with Crippen molar-refractivity contribution in [3.63, 3.8) is 0 Å². The Morgan fingerprint density at radius 2 is 1.97 bits per heavy atom. The lowest BCUT2D eigenvalue weighted by atomic mass is 10.1. The molecule has 2 aliphatic heterocycles. The number of thiophene rings is 1. The van der Waals surface area contributed by atoms with Gasteiger partial charge in [-0.2, -0.15) is 0 Å². The van der Waals surface area contributed by atoms with Crippen molar-refractivity contribution in [2.75, 3.05) is 56.7 Å². The van der Waals surface area contributed by atoms with E-state index in [4.69, 9.17) is 0 Å². The number of anilines is 1. The van der Waals surface area contributed by atoms with Crippen LogP contribution >= 0.6 is 23.1 Å². The third-order valence-corrected chi connectivity index (χ3v) is 8.57.